The first-order valence-electron chi connectivity index (χ1n) is 9.40. The van der Waals surface area contributed by atoms with E-state index in [9.17, 15) is 0 Å². The highest BCUT2D eigenvalue weighted by Crippen LogP contribution is 2.34. The molecule has 4 rings (SSSR count). The van der Waals surface area contributed by atoms with E-state index in [0.717, 1.165) is 23.6 Å². The molecule has 1 aromatic carbocycles. The maximum Gasteiger partial charge on any atom is 0.254 e. The van der Waals surface area contributed by atoms with Crippen molar-refractivity contribution in [2.24, 2.45) is 16.8 Å². The Kier molecular flexibility index (Phi) is 4.90. The summed E-state index contributed by atoms with van der Waals surface area (Å²) < 4.78 is 0. The summed E-state index contributed by atoms with van der Waals surface area (Å²) in [7, 11) is 0. The molecule has 0 saturated heterocycles. The van der Waals surface area contributed by atoms with Gasteiger partial charge in [-0.15, -0.1) is 0 Å². The Bertz CT molecular complexity index is 809. The molecule has 5 nitrogen and oxygen atoms in total. The second-order valence-corrected chi connectivity index (χ2v) is 7.98. The highest BCUT2D eigenvalue weighted by atomic mass is 35.5. The average molecular weight is 370 g/mol. The summed E-state index contributed by atoms with van der Waals surface area (Å²) >= 11 is 6.01. The van der Waals surface area contributed by atoms with Gasteiger partial charge in [0.25, 0.3) is 5.95 Å². The molecule has 0 radical (unpaired) electrons. The zero-order valence-electron chi connectivity index (χ0n) is 15.2. The molecule has 1 heterocycles. The van der Waals surface area contributed by atoms with Crippen molar-refractivity contribution in [1.82, 2.24) is 15.0 Å². The first-order valence-corrected chi connectivity index (χ1v) is 9.78. The third-order valence-corrected chi connectivity index (χ3v) is 5.18. The van der Waals surface area contributed by atoms with Gasteiger partial charge in [-0.1, -0.05) is 24.4 Å². The summed E-state index contributed by atoms with van der Waals surface area (Å²) in [6.07, 6.45) is 6.27. The molecule has 2 aliphatic carbocycles. The number of nitrogens with zero attached hydrogens (tertiary/aromatic N) is 4. The molecule has 6 heteroatoms. The fraction of sp³-hybridized carbons (Fsp3) is 0.500. The number of aromatic nitrogens is 3. The first kappa shape index (κ1) is 17.4. The maximum atomic E-state index is 6.01. The van der Waals surface area contributed by atoms with Crippen LogP contribution in [-0.2, 0) is 0 Å². The smallest absolute Gasteiger partial charge is 0.254 e. The van der Waals surface area contributed by atoms with Crippen molar-refractivity contribution in [3.05, 3.63) is 29.3 Å². The van der Waals surface area contributed by atoms with Crippen molar-refractivity contribution in [2.75, 3.05) is 5.32 Å². The van der Waals surface area contributed by atoms with Crippen LogP contribution in [0.4, 0.5) is 11.9 Å². The van der Waals surface area contributed by atoms with Crippen molar-refractivity contribution in [3.63, 3.8) is 0 Å². The van der Waals surface area contributed by atoms with E-state index in [2.05, 4.69) is 39.1 Å². The predicted molar refractivity (Wildman–Crippen MR) is 106 cm³/mol. The van der Waals surface area contributed by atoms with Crippen LogP contribution in [0.5, 0.6) is 0 Å². The van der Waals surface area contributed by atoms with Gasteiger partial charge in [-0.3, -0.25) is 0 Å². The minimum atomic E-state index is 0.337. The van der Waals surface area contributed by atoms with Gasteiger partial charge >= 0.3 is 0 Å². The SMILES string of the molecule is CC(=Nc1nc(N[C@H](C)CC2CC2)nc(-c2ccc(Cl)cc2)n1)C1CC1. The monoisotopic (exact) mass is 369 g/mol. The van der Waals surface area contributed by atoms with Gasteiger partial charge in [0.2, 0.25) is 5.95 Å². The largest absolute Gasteiger partial charge is 0.352 e. The quantitative estimate of drug-likeness (QED) is 0.673. The van der Waals surface area contributed by atoms with Crippen LogP contribution in [0.15, 0.2) is 29.3 Å². The number of benzene rings is 1. The minimum Gasteiger partial charge on any atom is -0.352 e. The Morgan fingerprint density at radius 2 is 1.88 bits per heavy atom. The summed E-state index contributed by atoms with van der Waals surface area (Å²) in [6, 6.07) is 7.89. The van der Waals surface area contributed by atoms with E-state index in [0.29, 0.717) is 34.7 Å². The molecular formula is C20H24ClN5. The second kappa shape index (κ2) is 7.31. The molecule has 0 amide bonds. The fourth-order valence-corrected chi connectivity index (χ4v) is 3.22. The van der Waals surface area contributed by atoms with Crippen molar-refractivity contribution in [1.29, 1.82) is 0 Å². The lowest BCUT2D eigenvalue weighted by Crippen LogP contribution is -2.18. The van der Waals surface area contributed by atoms with Crippen LogP contribution in [0.2, 0.25) is 5.02 Å². The first-order chi connectivity index (χ1) is 12.6. The molecule has 0 bridgehead atoms. The van der Waals surface area contributed by atoms with Crippen LogP contribution in [0.25, 0.3) is 11.4 Å². The summed E-state index contributed by atoms with van der Waals surface area (Å²) in [4.78, 5) is 18.4. The average Bonchev–Trinajstić information content (AvgIpc) is 3.49. The highest BCUT2D eigenvalue weighted by Gasteiger charge is 2.25. The van der Waals surface area contributed by atoms with E-state index in [1.54, 1.807) is 0 Å². The number of hydrogen-bond donors (Lipinski definition) is 1. The van der Waals surface area contributed by atoms with E-state index >= 15 is 0 Å². The van der Waals surface area contributed by atoms with E-state index in [-0.39, 0.29) is 0 Å². The summed E-state index contributed by atoms with van der Waals surface area (Å²) in [6.45, 7) is 4.24. The summed E-state index contributed by atoms with van der Waals surface area (Å²) in [5, 5.41) is 4.13. The zero-order valence-corrected chi connectivity index (χ0v) is 16.0. The molecule has 2 saturated carbocycles. The van der Waals surface area contributed by atoms with Crippen LogP contribution in [0, 0.1) is 11.8 Å². The van der Waals surface area contributed by atoms with E-state index < -0.39 is 0 Å². The fourth-order valence-electron chi connectivity index (χ4n) is 3.09. The van der Waals surface area contributed by atoms with E-state index in [4.69, 9.17) is 11.6 Å². The van der Waals surface area contributed by atoms with Crippen LogP contribution < -0.4 is 5.32 Å². The van der Waals surface area contributed by atoms with E-state index in [1.165, 1.54) is 25.7 Å². The van der Waals surface area contributed by atoms with Crippen LogP contribution in [0.3, 0.4) is 0 Å². The molecule has 2 aromatic rings. The minimum absolute atomic E-state index is 0.337. The highest BCUT2D eigenvalue weighted by molar-refractivity contribution is 6.30. The number of rotatable bonds is 7. The number of hydrogen-bond acceptors (Lipinski definition) is 5. The standard InChI is InChI=1S/C20H24ClN5/c1-12(11-14-3-4-14)22-19-24-18(16-7-9-17(21)10-8-16)25-20(26-19)23-13(2)15-5-6-15/h7-10,12,14-15H,3-6,11H2,1-2H3,(H,22,24,25,26)/t12-/m1/s1. The Balaban J connectivity index is 1.63. The molecular weight excluding hydrogens is 346 g/mol. The number of nitrogens with one attached hydrogen (secondary N) is 1. The molecule has 2 fully saturated rings. The van der Waals surface area contributed by atoms with E-state index in [1.807, 2.05) is 24.3 Å². The van der Waals surface area contributed by atoms with Gasteiger partial charge in [-0.05, 0) is 69.2 Å². The molecule has 26 heavy (non-hydrogen) atoms. The Morgan fingerprint density at radius 1 is 1.15 bits per heavy atom. The van der Waals surface area contributed by atoms with Gasteiger partial charge < -0.3 is 5.32 Å². The molecule has 136 valence electrons. The van der Waals surface area contributed by atoms with Gasteiger partial charge in [-0.25, -0.2) is 4.99 Å². The summed E-state index contributed by atoms with van der Waals surface area (Å²) in [5.41, 5.74) is 2.02. The normalized spacial score (nSPS) is 18.7. The van der Waals surface area contributed by atoms with Gasteiger partial charge in [0.1, 0.15) is 0 Å². The zero-order chi connectivity index (χ0) is 18.1. The third-order valence-electron chi connectivity index (χ3n) is 4.93. The molecule has 0 spiro atoms. The van der Waals surface area contributed by atoms with Crippen molar-refractivity contribution in [3.8, 4) is 11.4 Å². The Hall–Kier alpha value is -2.01. The lowest BCUT2D eigenvalue weighted by molar-refractivity contribution is 0.637. The Labute approximate surface area is 159 Å². The maximum absolute atomic E-state index is 6.01. The second-order valence-electron chi connectivity index (χ2n) is 7.54. The molecule has 2 aliphatic rings. The van der Waals surface area contributed by atoms with Gasteiger partial charge in [0.05, 0.1) is 0 Å². The van der Waals surface area contributed by atoms with Crippen molar-refractivity contribution >= 4 is 29.2 Å². The number of aliphatic imine (C=N–C) groups is 1. The molecule has 0 unspecified atom stereocenters. The number of halogens is 1. The van der Waals surface area contributed by atoms with Gasteiger partial charge in [0, 0.05) is 22.3 Å². The lowest BCUT2D eigenvalue weighted by atomic mass is 10.2. The van der Waals surface area contributed by atoms with Crippen molar-refractivity contribution < 1.29 is 0 Å². The number of anilines is 1. The third kappa shape index (κ3) is 4.58. The molecule has 1 N–H and O–H groups in total. The molecule has 1 atom stereocenters. The van der Waals surface area contributed by atoms with Gasteiger partial charge in [0.15, 0.2) is 5.82 Å². The Morgan fingerprint density at radius 3 is 2.54 bits per heavy atom. The topological polar surface area (TPSA) is 63.1 Å². The lowest BCUT2D eigenvalue weighted by Gasteiger charge is -2.14. The van der Waals surface area contributed by atoms with Crippen molar-refractivity contribution in [2.45, 2.75) is 52.0 Å². The van der Waals surface area contributed by atoms with Gasteiger partial charge in [-0.2, -0.15) is 15.0 Å². The van der Waals surface area contributed by atoms with Crippen LogP contribution in [0.1, 0.15) is 46.0 Å². The van der Waals surface area contributed by atoms with Crippen LogP contribution >= 0.6 is 11.6 Å². The molecule has 1 aromatic heterocycles. The summed E-state index contributed by atoms with van der Waals surface area (Å²) in [5.74, 6) is 3.15. The predicted octanol–water partition coefficient (Wildman–Crippen LogP) is 5.29. The molecule has 0 aliphatic heterocycles. The van der Waals surface area contributed by atoms with Crippen LogP contribution in [-0.4, -0.2) is 26.7 Å².